The topological polar surface area (TPSA) is 127 Å². The second-order valence-electron chi connectivity index (χ2n) is 8.42. The summed E-state index contributed by atoms with van der Waals surface area (Å²) in [6.07, 6.45) is -0.246. The Kier molecular flexibility index (Phi) is 6.05. The monoisotopic (exact) mass is 491 g/mol. The third-order valence-electron chi connectivity index (χ3n) is 6.29. The Hall–Kier alpha value is -4.41. The summed E-state index contributed by atoms with van der Waals surface area (Å²) in [5, 5.41) is 6.54. The molecule has 1 unspecified atom stereocenters. The highest BCUT2D eigenvalue weighted by molar-refractivity contribution is 6.18. The molecule has 0 bridgehead atoms. The van der Waals surface area contributed by atoms with Gasteiger partial charge < -0.3 is 24.2 Å². The van der Waals surface area contributed by atoms with Crippen molar-refractivity contribution in [2.75, 3.05) is 32.2 Å². The first kappa shape index (κ1) is 23.3. The lowest BCUT2D eigenvalue weighted by molar-refractivity contribution is -0.121. The highest BCUT2D eigenvalue weighted by Crippen LogP contribution is 2.49. The highest BCUT2D eigenvalue weighted by Gasteiger charge is 2.49. The minimum Gasteiger partial charge on any atom is -0.493 e. The Morgan fingerprint density at radius 3 is 2.64 bits per heavy atom. The molecule has 0 spiro atoms. The number of benzene rings is 2. The zero-order valence-corrected chi connectivity index (χ0v) is 20.1. The average Bonchev–Trinajstić information content (AvgIpc) is 3.43. The summed E-state index contributed by atoms with van der Waals surface area (Å²) >= 11 is 0. The van der Waals surface area contributed by atoms with Crippen molar-refractivity contribution < 1.29 is 28.4 Å². The van der Waals surface area contributed by atoms with Gasteiger partial charge in [0.1, 0.15) is 6.17 Å². The first-order valence-corrected chi connectivity index (χ1v) is 11.5. The van der Waals surface area contributed by atoms with Gasteiger partial charge in [-0.1, -0.05) is 23.4 Å². The van der Waals surface area contributed by atoms with E-state index in [-0.39, 0.29) is 30.7 Å². The van der Waals surface area contributed by atoms with Crippen LogP contribution in [0.1, 0.15) is 50.6 Å². The molecule has 2 aromatic carbocycles. The first-order valence-electron chi connectivity index (χ1n) is 11.5. The number of amides is 3. The van der Waals surface area contributed by atoms with Crippen LogP contribution in [0.5, 0.6) is 11.5 Å². The van der Waals surface area contributed by atoms with Crippen LogP contribution in [0.3, 0.4) is 0 Å². The molecular formula is C25H25N5O6. The van der Waals surface area contributed by atoms with E-state index in [4.69, 9.17) is 14.0 Å². The average molecular weight is 492 g/mol. The maximum absolute atomic E-state index is 13.7. The number of ether oxygens (including phenoxy) is 2. The Balaban J connectivity index is 1.41. The van der Waals surface area contributed by atoms with Crippen LogP contribution in [0.25, 0.3) is 0 Å². The van der Waals surface area contributed by atoms with Crippen LogP contribution in [0.4, 0.5) is 5.69 Å². The molecule has 0 saturated carbocycles. The number of aromatic nitrogens is 2. The molecule has 3 aromatic rings. The maximum atomic E-state index is 13.7. The number of nitrogens with one attached hydrogen (secondary N) is 1. The molecule has 0 aliphatic carbocycles. The van der Waals surface area contributed by atoms with Gasteiger partial charge in [-0.15, -0.1) is 0 Å². The molecule has 5 rings (SSSR count). The van der Waals surface area contributed by atoms with E-state index in [0.717, 1.165) is 0 Å². The Bertz CT molecular complexity index is 1350. The summed E-state index contributed by atoms with van der Waals surface area (Å²) < 4.78 is 16.0. The molecule has 1 N–H and O–H groups in total. The molecule has 186 valence electrons. The Labute approximate surface area is 207 Å². The van der Waals surface area contributed by atoms with Gasteiger partial charge in [0.15, 0.2) is 17.3 Å². The van der Waals surface area contributed by atoms with E-state index in [1.807, 2.05) is 0 Å². The van der Waals surface area contributed by atoms with Crippen LogP contribution in [0, 0.1) is 6.92 Å². The largest absolute Gasteiger partial charge is 0.493 e. The van der Waals surface area contributed by atoms with Crippen molar-refractivity contribution >= 4 is 23.4 Å². The van der Waals surface area contributed by atoms with Gasteiger partial charge in [0, 0.05) is 31.5 Å². The van der Waals surface area contributed by atoms with Crippen LogP contribution < -0.4 is 19.7 Å². The minimum atomic E-state index is -0.705. The Morgan fingerprint density at radius 1 is 1.11 bits per heavy atom. The van der Waals surface area contributed by atoms with Gasteiger partial charge in [0.2, 0.25) is 11.8 Å². The van der Waals surface area contributed by atoms with Gasteiger partial charge in [0.05, 0.1) is 31.0 Å². The summed E-state index contributed by atoms with van der Waals surface area (Å²) in [6.45, 7) is 2.16. The van der Waals surface area contributed by atoms with Crippen molar-refractivity contribution in [1.29, 1.82) is 0 Å². The zero-order valence-electron chi connectivity index (χ0n) is 20.1. The van der Waals surface area contributed by atoms with E-state index >= 15 is 0 Å². The van der Waals surface area contributed by atoms with E-state index in [9.17, 15) is 14.4 Å². The summed E-state index contributed by atoms with van der Waals surface area (Å²) in [4.78, 5) is 47.0. The molecule has 0 saturated heterocycles. The van der Waals surface area contributed by atoms with Gasteiger partial charge in [-0.2, -0.15) is 4.98 Å². The minimum absolute atomic E-state index is 0.0535. The standard InChI is InChI=1S/C25H25N5O6/c1-14-27-20(36-28-14)10-12-26-19(31)11-13-29-23-16-8-9-18(34-2)22(35-3)21(16)25(33)30(23)17-7-5-4-6-15(17)24(29)32/h4-9,23H,10-13H2,1-3H3,(H,26,31). The van der Waals surface area contributed by atoms with Gasteiger partial charge in [-0.05, 0) is 25.1 Å². The summed E-state index contributed by atoms with van der Waals surface area (Å²) in [5.41, 5.74) is 1.88. The molecule has 11 heteroatoms. The summed E-state index contributed by atoms with van der Waals surface area (Å²) in [5.74, 6) is 0.926. The number of methoxy groups -OCH3 is 2. The third-order valence-corrected chi connectivity index (χ3v) is 6.29. The quantitative estimate of drug-likeness (QED) is 0.508. The van der Waals surface area contributed by atoms with Crippen LogP contribution in [0.2, 0.25) is 0 Å². The molecule has 11 nitrogen and oxygen atoms in total. The number of carbonyl (C=O) groups is 3. The number of anilines is 1. The summed E-state index contributed by atoms with van der Waals surface area (Å²) in [6, 6.07) is 10.4. The van der Waals surface area contributed by atoms with Gasteiger partial charge in [0.25, 0.3) is 11.8 Å². The van der Waals surface area contributed by atoms with Crippen molar-refractivity contribution in [2.24, 2.45) is 0 Å². The lowest BCUT2D eigenvalue weighted by atomic mass is 10.0. The summed E-state index contributed by atoms with van der Waals surface area (Å²) in [7, 11) is 2.97. The van der Waals surface area contributed by atoms with E-state index in [1.54, 1.807) is 53.1 Å². The van der Waals surface area contributed by atoms with E-state index in [1.165, 1.54) is 14.2 Å². The van der Waals surface area contributed by atoms with Crippen molar-refractivity contribution in [2.45, 2.75) is 25.9 Å². The van der Waals surface area contributed by atoms with Crippen LogP contribution in [0.15, 0.2) is 40.9 Å². The van der Waals surface area contributed by atoms with E-state index in [2.05, 4.69) is 15.5 Å². The van der Waals surface area contributed by atoms with Gasteiger partial charge in [-0.3, -0.25) is 19.3 Å². The lowest BCUT2D eigenvalue weighted by Crippen LogP contribution is -2.49. The fraction of sp³-hybridized carbons (Fsp3) is 0.320. The van der Waals surface area contributed by atoms with Crippen molar-refractivity contribution in [3.63, 3.8) is 0 Å². The second kappa shape index (κ2) is 9.33. The van der Waals surface area contributed by atoms with E-state index < -0.39 is 6.17 Å². The molecule has 0 radical (unpaired) electrons. The SMILES string of the molecule is COc1ccc2c(c1OC)C(=O)N1c3ccccc3C(=O)N(CCC(=O)NCCc3nc(C)no3)C21. The maximum Gasteiger partial charge on any atom is 0.264 e. The third kappa shape index (κ3) is 3.82. The molecule has 0 fully saturated rings. The fourth-order valence-corrected chi connectivity index (χ4v) is 4.71. The van der Waals surface area contributed by atoms with Crippen molar-refractivity contribution in [1.82, 2.24) is 20.4 Å². The highest BCUT2D eigenvalue weighted by atomic mass is 16.5. The number of rotatable bonds is 8. The molecule has 2 aliphatic heterocycles. The smallest absolute Gasteiger partial charge is 0.264 e. The second-order valence-corrected chi connectivity index (χ2v) is 8.42. The molecule has 2 aliphatic rings. The molecule has 3 amide bonds. The van der Waals surface area contributed by atoms with Crippen LogP contribution in [-0.2, 0) is 11.2 Å². The molecular weight excluding hydrogens is 466 g/mol. The van der Waals surface area contributed by atoms with Crippen molar-refractivity contribution in [3.05, 3.63) is 64.8 Å². The lowest BCUT2D eigenvalue weighted by Gasteiger charge is -2.40. The van der Waals surface area contributed by atoms with Gasteiger partial charge >= 0.3 is 0 Å². The zero-order chi connectivity index (χ0) is 25.4. The van der Waals surface area contributed by atoms with Crippen LogP contribution in [-0.4, -0.2) is 60.1 Å². The number of hydrogen-bond acceptors (Lipinski definition) is 8. The number of fused-ring (bicyclic) bond motifs is 5. The van der Waals surface area contributed by atoms with Crippen molar-refractivity contribution in [3.8, 4) is 11.5 Å². The predicted octanol–water partition coefficient (Wildman–Crippen LogP) is 2.26. The molecule has 3 heterocycles. The molecule has 36 heavy (non-hydrogen) atoms. The Morgan fingerprint density at radius 2 is 1.92 bits per heavy atom. The number of nitrogens with zero attached hydrogens (tertiary/aromatic N) is 4. The predicted molar refractivity (Wildman–Crippen MR) is 127 cm³/mol. The first-order chi connectivity index (χ1) is 17.4. The number of para-hydroxylation sites is 1. The normalized spacial score (nSPS) is 15.9. The van der Waals surface area contributed by atoms with Crippen LogP contribution >= 0.6 is 0 Å². The van der Waals surface area contributed by atoms with E-state index in [0.29, 0.717) is 58.6 Å². The molecule has 1 aromatic heterocycles. The number of aryl methyl sites for hydroxylation is 1. The number of carbonyl (C=O) groups excluding carboxylic acids is 3. The number of hydrogen-bond donors (Lipinski definition) is 1. The fourth-order valence-electron chi connectivity index (χ4n) is 4.71. The van der Waals surface area contributed by atoms with Gasteiger partial charge in [-0.25, -0.2) is 0 Å². The molecule has 1 atom stereocenters.